The van der Waals surface area contributed by atoms with Crippen LogP contribution in [0.5, 0.6) is 0 Å². The van der Waals surface area contributed by atoms with E-state index >= 15 is 0 Å². The predicted octanol–water partition coefficient (Wildman–Crippen LogP) is 2.79. The van der Waals surface area contributed by atoms with Gasteiger partial charge < -0.3 is 15.4 Å². The molecule has 1 heterocycles. The van der Waals surface area contributed by atoms with Gasteiger partial charge in [0.1, 0.15) is 11.4 Å². The third kappa shape index (κ3) is 4.04. The van der Waals surface area contributed by atoms with Crippen molar-refractivity contribution in [2.75, 3.05) is 13.1 Å². The zero-order valence-corrected chi connectivity index (χ0v) is 12.6. The number of amides is 1. The summed E-state index contributed by atoms with van der Waals surface area (Å²) in [7, 11) is 0. The molecule has 1 aliphatic rings. The molecule has 0 fully saturated rings. The van der Waals surface area contributed by atoms with E-state index in [4.69, 9.17) is 10.5 Å². The lowest BCUT2D eigenvalue weighted by Crippen LogP contribution is -2.46. The topological polar surface area (TPSA) is 55.6 Å². The van der Waals surface area contributed by atoms with Crippen molar-refractivity contribution < 1.29 is 13.9 Å². The maximum Gasteiger partial charge on any atom is 0.410 e. The Morgan fingerprint density at radius 3 is 2.48 bits per heavy atom. The second-order valence-electron chi connectivity index (χ2n) is 6.16. The Kier molecular flexibility index (Phi) is 4.32. The molecule has 1 aliphatic heterocycles. The number of benzene rings is 1. The van der Waals surface area contributed by atoms with Crippen molar-refractivity contribution >= 4 is 11.7 Å². The van der Waals surface area contributed by atoms with Crippen LogP contribution < -0.4 is 5.73 Å². The summed E-state index contributed by atoms with van der Waals surface area (Å²) in [5.41, 5.74) is 7.41. The van der Waals surface area contributed by atoms with E-state index in [1.807, 2.05) is 26.8 Å². The Labute approximate surface area is 124 Å². The fraction of sp³-hybridized carbons (Fsp3) is 0.438. The van der Waals surface area contributed by atoms with Gasteiger partial charge in [0.2, 0.25) is 0 Å². The molecule has 2 rings (SSSR count). The van der Waals surface area contributed by atoms with Gasteiger partial charge in [-0.3, -0.25) is 0 Å². The Bertz CT molecular complexity index is 546. The molecule has 0 bridgehead atoms. The number of hydrogen-bond donors (Lipinski definition) is 1. The number of ether oxygens (including phenoxy) is 1. The lowest BCUT2D eigenvalue weighted by Gasteiger charge is -2.32. The van der Waals surface area contributed by atoms with Gasteiger partial charge in [-0.15, -0.1) is 0 Å². The van der Waals surface area contributed by atoms with Crippen LogP contribution >= 0.6 is 0 Å². The van der Waals surface area contributed by atoms with E-state index in [9.17, 15) is 9.18 Å². The molecule has 0 aliphatic carbocycles. The quantitative estimate of drug-likeness (QED) is 0.866. The van der Waals surface area contributed by atoms with Crippen LogP contribution in [-0.4, -0.2) is 35.7 Å². The Balaban J connectivity index is 2.09. The second kappa shape index (κ2) is 5.85. The van der Waals surface area contributed by atoms with Crippen molar-refractivity contribution in [1.29, 1.82) is 0 Å². The summed E-state index contributed by atoms with van der Waals surface area (Å²) in [6, 6.07) is 5.90. The average molecular weight is 292 g/mol. The molecule has 1 aromatic rings. The summed E-state index contributed by atoms with van der Waals surface area (Å²) in [6.07, 6.45) is 1.53. The first-order valence-electron chi connectivity index (χ1n) is 6.96. The van der Waals surface area contributed by atoms with Crippen LogP contribution in [0.25, 0.3) is 5.57 Å². The second-order valence-corrected chi connectivity index (χ2v) is 6.16. The largest absolute Gasteiger partial charge is 0.444 e. The standard InChI is InChI=1S/C16H21FN2O2/c1-16(2,3)21-15(20)19-9-8-13(14(18)10-19)11-4-6-12(17)7-5-11/h4-8,14H,9-10,18H2,1-3H3. The minimum Gasteiger partial charge on any atom is -0.444 e. The average Bonchev–Trinajstić information content (AvgIpc) is 2.38. The first-order chi connectivity index (χ1) is 9.76. The van der Waals surface area contributed by atoms with E-state index < -0.39 is 5.60 Å². The summed E-state index contributed by atoms with van der Waals surface area (Å²) in [4.78, 5) is 13.6. The maximum atomic E-state index is 13.0. The van der Waals surface area contributed by atoms with Gasteiger partial charge in [0.15, 0.2) is 0 Å². The van der Waals surface area contributed by atoms with Gasteiger partial charge in [-0.1, -0.05) is 18.2 Å². The van der Waals surface area contributed by atoms with E-state index in [2.05, 4.69) is 0 Å². The smallest absolute Gasteiger partial charge is 0.410 e. The molecule has 1 amide bonds. The van der Waals surface area contributed by atoms with Crippen LogP contribution in [0.3, 0.4) is 0 Å². The molecule has 0 saturated heterocycles. The minimum atomic E-state index is -0.526. The zero-order chi connectivity index (χ0) is 15.6. The van der Waals surface area contributed by atoms with Gasteiger partial charge in [-0.05, 0) is 44.0 Å². The van der Waals surface area contributed by atoms with Crippen LogP contribution in [0.1, 0.15) is 26.3 Å². The van der Waals surface area contributed by atoms with Crippen LogP contribution in [-0.2, 0) is 4.74 Å². The summed E-state index contributed by atoms with van der Waals surface area (Å²) >= 11 is 0. The molecule has 1 aromatic carbocycles. The monoisotopic (exact) mass is 292 g/mol. The molecular formula is C16H21FN2O2. The van der Waals surface area contributed by atoms with Crippen LogP contribution in [0.2, 0.25) is 0 Å². The highest BCUT2D eigenvalue weighted by Gasteiger charge is 2.27. The third-order valence-electron chi connectivity index (χ3n) is 3.18. The van der Waals surface area contributed by atoms with E-state index in [0.29, 0.717) is 13.1 Å². The number of rotatable bonds is 1. The summed E-state index contributed by atoms with van der Waals surface area (Å²) in [5, 5.41) is 0. The van der Waals surface area contributed by atoms with E-state index in [1.54, 1.807) is 17.0 Å². The van der Waals surface area contributed by atoms with Crippen molar-refractivity contribution in [3.63, 3.8) is 0 Å². The number of hydrogen-bond acceptors (Lipinski definition) is 3. The maximum absolute atomic E-state index is 13.0. The summed E-state index contributed by atoms with van der Waals surface area (Å²) in [6.45, 7) is 6.31. The molecular weight excluding hydrogens is 271 g/mol. The van der Waals surface area contributed by atoms with Crippen molar-refractivity contribution in [2.24, 2.45) is 5.73 Å². The number of carbonyl (C=O) groups excluding carboxylic acids is 1. The Hall–Kier alpha value is -1.88. The number of carbonyl (C=O) groups is 1. The van der Waals surface area contributed by atoms with Gasteiger partial charge in [0.25, 0.3) is 0 Å². The van der Waals surface area contributed by atoms with Crippen molar-refractivity contribution in [2.45, 2.75) is 32.4 Å². The molecule has 0 saturated carbocycles. The van der Waals surface area contributed by atoms with Gasteiger partial charge >= 0.3 is 6.09 Å². The van der Waals surface area contributed by atoms with E-state index in [-0.39, 0.29) is 18.0 Å². The number of nitrogens with two attached hydrogens (primary N) is 1. The third-order valence-corrected chi connectivity index (χ3v) is 3.18. The highest BCUT2D eigenvalue weighted by Crippen LogP contribution is 2.23. The number of halogens is 1. The first-order valence-corrected chi connectivity index (χ1v) is 6.96. The minimum absolute atomic E-state index is 0.279. The van der Waals surface area contributed by atoms with Crippen LogP contribution in [0.15, 0.2) is 30.3 Å². The molecule has 4 nitrogen and oxygen atoms in total. The van der Waals surface area contributed by atoms with Crippen molar-refractivity contribution in [1.82, 2.24) is 4.90 Å². The zero-order valence-electron chi connectivity index (χ0n) is 12.6. The molecule has 1 unspecified atom stereocenters. The molecule has 0 spiro atoms. The van der Waals surface area contributed by atoms with Gasteiger partial charge in [0, 0.05) is 19.1 Å². The molecule has 0 radical (unpaired) electrons. The highest BCUT2D eigenvalue weighted by atomic mass is 19.1. The highest BCUT2D eigenvalue weighted by molar-refractivity contribution is 5.75. The Morgan fingerprint density at radius 2 is 1.95 bits per heavy atom. The first kappa shape index (κ1) is 15.5. The lowest BCUT2D eigenvalue weighted by molar-refractivity contribution is 0.0263. The van der Waals surface area contributed by atoms with Gasteiger partial charge in [-0.25, -0.2) is 9.18 Å². The van der Waals surface area contributed by atoms with Gasteiger partial charge in [0.05, 0.1) is 0 Å². The molecule has 114 valence electrons. The van der Waals surface area contributed by atoms with Gasteiger partial charge in [-0.2, -0.15) is 0 Å². The predicted molar refractivity (Wildman–Crippen MR) is 80.2 cm³/mol. The fourth-order valence-electron chi connectivity index (χ4n) is 2.22. The van der Waals surface area contributed by atoms with Crippen LogP contribution in [0.4, 0.5) is 9.18 Å². The molecule has 2 N–H and O–H groups in total. The molecule has 1 atom stereocenters. The van der Waals surface area contributed by atoms with Crippen LogP contribution in [0, 0.1) is 5.82 Å². The fourth-order valence-corrected chi connectivity index (χ4v) is 2.22. The van der Waals surface area contributed by atoms with E-state index in [0.717, 1.165) is 11.1 Å². The molecule has 5 heteroatoms. The molecule has 0 aromatic heterocycles. The van der Waals surface area contributed by atoms with Crippen molar-refractivity contribution in [3.05, 3.63) is 41.7 Å². The number of nitrogens with zero attached hydrogens (tertiary/aromatic N) is 1. The molecule has 21 heavy (non-hydrogen) atoms. The van der Waals surface area contributed by atoms with Crippen molar-refractivity contribution in [3.8, 4) is 0 Å². The van der Waals surface area contributed by atoms with E-state index in [1.165, 1.54) is 12.1 Å². The Morgan fingerprint density at radius 1 is 1.33 bits per heavy atom. The normalized spacial score (nSPS) is 19.2. The SMILES string of the molecule is CC(C)(C)OC(=O)N1CC=C(c2ccc(F)cc2)C(N)C1. The summed E-state index contributed by atoms with van der Waals surface area (Å²) < 4.78 is 18.3. The lowest BCUT2D eigenvalue weighted by atomic mass is 9.95. The summed E-state index contributed by atoms with van der Waals surface area (Å²) in [5.74, 6) is -0.279.